The molecule has 0 aliphatic rings. The first-order valence-electron chi connectivity index (χ1n) is 8.64. The van der Waals surface area contributed by atoms with Crippen molar-refractivity contribution < 1.29 is 0 Å². The highest BCUT2D eigenvalue weighted by molar-refractivity contribution is 7.99. The van der Waals surface area contributed by atoms with Crippen molar-refractivity contribution in [2.75, 3.05) is 18.5 Å². The minimum absolute atomic E-state index is 1.10. The van der Waals surface area contributed by atoms with Gasteiger partial charge >= 0.3 is 0 Å². The van der Waals surface area contributed by atoms with Gasteiger partial charge in [-0.1, -0.05) is 26.7 Å². The number of aryl methyl sites for hydroxylation is 2. The molecule has 1 aromatic heterocycles. The lowest BCUT2D eigenvalue weighted by molar-refractivity contribution is 0.593. The summed E-state index contributed by atoms with van der Waals surface area (Å²) in [5.41, 5.74) is 1.26. The Morgan fingerprint density at radius 1 is 1.00 bits per heavy atom. The Hall–Kier alpha value is -0.0700. The van der Waals surface area contributed by atoms with Gasteiger partial charge in [-0.3, -0.25) is 0 Å². The number of unbranched alkanes of at least 4 members (excludes halogenated alkanes) is 4. The van der Waals surface area contributed by atoms with E-state index in [0.29, 0.717) is 0 Å². The zero-order chi connectivity index (χ0) is 15.6. The molecule has 1 aromatic rings. The van der Waals surface area contributed by atoms with Gasteiger partial charge in [0.15, 0.2) is 0 Å². The van der Waals surface area contributed by atoms with Gasteiger partial charge in [-0.05, 0) is 39.0 Å². The third-order valence-electron chi connectivity index (χ3n) is 4.20. The maximum Gasteiger partial charge on any atom is 0.113 e. The Morgan fingerprint density at radius 3 is 2.14 bits per heavy atom. The molecule has 0 N–H and O–H groups in total. The van der Waals surface area contributed by atoms with Crippen LogP contribution in [0.2, 0.25) is 0 Å². The van der Waals surface area contributed by atoms with Crippen molar-refractivity contribution in [3.05, 3.63) is 18.2 Å². The molecule has 122 valence electrons. The maximum absolute atomic E-state index is 7.00. The van der Waals surface area contributed by atoms with Gasteiger partial charge in [0.25, 0.3) is 0 Å². The van der Waals surface area contributed by atoms with E-state index in [0.717, 1.165) is 6.54 Å². The predicted octanol–water partition coefficient (Wildman–Crippen LogP) is 6.13. The quantitative estimate of drug-likeness (QED) is 0.332. The van der Waals surface area contributed by atoms with Gasteiger partial charge in [0.05, 0.1) is 36.1 Å². The van der Waals surface area contributed by atoms with Gasteiger partial charge in [0.2, 0.25) is 0 Å². The Kier molecular flexibility index (Phi) is 9.60. The normalized spacial score (nSPS) is 12.0. The molecule has 2 nitrogen and oxygen atoms in total. The molecule has 0 spiro atoms. The number of imidazole rings is 1. The molecule has 0 saturated carbocycles. The molecule has 0 fully saturated rings. The van der Waals surface area contributed by atoms with Crippen molar-refractivity contribution in [3.63, 3.8) is 0 Å². The average Bonchev–Trinajstić information content (AvgIpc) is 2.88. The van der Waals surface area contributed by atoms with Gasteiger partial charge in [-0.25, -0.2) is 4.98 Å². The van der Waals surface area contributed by atoms with Crippen LogP contribution >= 0.6 is 17.9 Å². The summed E-state index contributed by atoms with van der Waals surface area (Å²) in [7, 11) is 0. The maximum atomic E-state index is 7.00. The average molecular weight is 332 g/mol. The van der Waals surface area contributed by atoms with Crippen molar-refractivity contribution in [2.24, 2.45) is 0 Å². The number of hydrogen-bond donors (Lipinski definition) is 0. The van der Waals surface area contributed by atoms with Crippen LogP contribution in [0.1, 0.15) is 64.5 Å². The molecule has 1 heterocycles. The van der Waals surface area contributed by atoms with Crippen LogP contribution in [-0.2, 0) is 6.54 Å². The summed E-state index contributed by atoms with van der Waals surface area (Å²) in [6, 6.07) is 0. The van der Waals surface area contributed by atoms with Crippen LogP contribution in [0, 0.1) is 6.92 Å². The van der Waals surface area contributed by atoms with E-state index in [4.69, 9.17) is 11.2 Å². The van der Waals surface area contributed by atoms with Gasteiger partial charge in [0, 0.05) is 18.4 Å². The molecule has 0 aromatic carbocycles. The number of aromatic nitrogens is 2. The lowest BCUT2D eigenvalue weighted by Gasteiger charge is -2.19. The number of hydrogen-bond acceptors (Lipinski definition) is 1. The van der Waals surface area contributed by atoms with E-state index in [2.05, 4.69) is 30.3 Å². The van der Waals surface area contributed by atoms with Crippen LogP contribution in [0.25, 0.3) is 0 Å². The molecule has 0 aliphatic carbocycles. The Labute approximate surface area is 136 Å². The largest absolute Gasteiger partial charge is 0.335 e. The van der Waals surface area contributed by atoms with Crippen LogP contribution in [0.4, 0.5) is 0 Å². The molecule has 4 heteroatoms. The topological polar surface area (TPSA) is 17.8 Å². The second-order valence-electron chi connectivity index (χ2n) is 6.20. The summed E-state index contributed by atoms with van der Waals surface area (Å²) < 4.78 is 2.25. The van der Waals surface area contributed by atoms with E-state index in [1.807, 2.05) is 12.5 Å². The highest BCUT2D eigenvalue weighted by Gasteiger charge is 2.33. The highest BCUT2D eigenvalue weighted by atomic mass is 35.7. The molecular weight excluding hydrogens is 299 g/mol. The van der Waals surface area contributed by atoms with E-state index in [1.54, 1.807) is 0 Å². The van der Waals surface area contributed by atoms with Crippen LogP contribution in [0.5, 0.6) is 0 Å². The number of nitrogens with zero attached hydrogens (tertiary/aromatic N) is 2. The Bertz CT molecular complexity index is 371. The molecule has 0 radical (unpaired) electrons. The van der Waals surface area contributed by atoms with Gasteiger partial charge in [-0.2, -0.15) is 0 Å². The van der Waals surface area contributed by atoms with Crippen LogP contribution in [0.3, 0.4) is 0 Å². The third-order valence-corrected chi connectivity index (χ3v) is 9.08. The van der Waals surface area contributed by atoms with Gasteiger partial charge in [-0.15, -0.1) is 0 Å². The summed E-state index contributed by atoms with van der Waals surface area (Å²) in [6.45, 7) is 6.61. The zero-order valence-electron chi connectivity index (χ0n) is 14.2. The predicted molar refractivity (Wildman–Crippen MR) is 98.0 cm³/mol. The Morgan fingerprint density at radius 2 is 1.62 bits per heavy atom. The monoisotopic (exact) mass is 331 g/mol. The lowest BCUT2D eigenvalue weighted by Crippen LogP contribution is -2.04. The zero-order valence-corrected chi connectivity index (χ0v) is 15.8. The van der Waals surface area contributed by atoms with E-state index >= 15 is 0 Å². The fourth-order valence-electron chi connectivity index (χ4n) is 2.69. The Balaban J connectivity index is 2.24. The van der Waals surface area contributed by atoms with E-state index in [-0.39, 0.29) is 0 Å². The van der Waals surface area contributed by atoms with Crippen LogP contribution < -0.4 is 0 Å². The van der Waals surface area contributed by atoms with E-state index in [9.17, 15) is 0 Å². The molecule has 0 amide bonds. The van der Waals surface area contributed by atoms with E-state index in [1.165, 1.54) is 69.1 Å². The fourth-order valence-corrected chi connectivity index (χ4v) is 7.00. The fraction of sp³-hybridized carbons (Fsp3) is 0.824. The van der Waals surface area contributed by atoms with Crippen molar-refractivity contribution in [3.8, 4) is 0 Å². The third kappa shape index (κ3) is 7.66. The SMILES string of the molecule is CCCC[P+](Cl)(CCCC)CCCCCn1cncc1C. The lowest BCUT2D eigenvalue weighted by atomic mass is 10.2. The second-order valence-corrected chi connectivity index (χ2v) is 11.7. The molecule has 1 rings (SSSR count). The molecule has 0 saturated heterocycles. The van der Waals surface area contributed by atoms with Crippen molar-refractivity contribution in [2.45, 2.75) is 72.3 Å². The van der Waals surface area contributed by atoms with Crippen LogP contribution in [-0.4, -0.2) is 28.0 Å². The smallest absolute Gasteiger partial charge is 0.113 e. The first-order valence-corrected chi connectivity index (χ1v) is 11.9. The minimum Gasteiger partial charge on any atom is -0.335 e. The first-order chi connectivity index (χ1) is 10.1. The van der Waals surface area contributed by atoms with Crippen molar-refractivity contribution in [1.29, 1.82) is 0 Å². The van der Waals surface area contributed by atoms with Gasteiger partial charge in [0.1, 0.15) is 6.62 Å². The molecule has 0 atom stereocenters. The summed E-state index contributed by atoms with van der Waals surface area (Å²) in [6.07, 6.45) is 16.8. The summed E-state index contributed by atoms with van der Waals surface area (Å²) in [5.74, 6) is 0. The summed E-state index contributed by atoms with van der Waals surface area (Å²) in [5, 5.41) is 0. The summed E-state index contributed by atoms with van der Waals surface area (Å²) in [4.78, 5) is 4.17. The minimum atomic E-state index is -1.16. The number of halogens is 1. The molecular formula is C17H33ClN2P+. The van der Waals surface area contributed by atoms with Crippen LogP contribution in [0.15, 0.2) is 12.5 Å². The standard InChI is InChI=1S/C17H33ClN2P/c1-4-6-12-21(18,13-7-5-2)14-10-8-9-11-20-16-19-15-17(20)3/h15-16H,4-14H2,1-3H3/q+1. The molecule has 0 aliphatic heterocycles. The second kappa shape index (κ2) is 10.6. The molecule has 21 heavy (non-hydrogen) atoms. The number of rotatable bonds is 12. The van der Waals surface area contributed by atoms with E-state index < -0.39 is 6.62 Å². The molecule has 0 bridgehead atoms. The molecule has 0 unspecified atom stereocenters. The highest BCUT2D eigenvalue weighted by Crippen LogP contribution is 2.65. The summed E-state index contributed by atoms with van der Waals surface area (Å²) >= 11 is 7.00. The van der Waals surface area contributed by atoms with Gasteiger partial charge < -0.3 is 4.57 Å². The van der Waals surface area contributed by atoms with Crippen molar-refractivity contribution in [1.82, 2.24) is 9.55 Å². The van der Waals surface area contributed by atoms with Crippen molar-refractivity contribution >= 4 is 17.9 Å². The first kappa shape index (κ1) is 19.0.